The molecule has 4 heteroatoms. The molecule has 3 nitrogen and oxygen atoms in total. The first-order chi connectivity index (χ1) is 13.2. The van der Waals surface area contributed by atoms with E-state index in [1.54, 1.807) is 18.9 Å². The first-order valence-electron chi connectivity index (χ1n) is 8.89. The minimum atomic E-state index is -0.328. The van der Waals surface area contributed by atoms with Crippen molar-refractivity contribution in [2.75, 3.05) is 7.11 Å². The molecule has 0 aliphatic heterocycles. The summed E-state index contributed by atoms with van der Waals surface area (Å²) in [5.41, 5.74) is 1.95. The molecule has 2 atom stereocenters. The van der Waals surface area contributed by atoms with Gasteiger partial charge in [0, 0.05) is 10.5 Å². The van der Waals surface area contributed by atoms with E-state index in [1.807, 2.05) is 91.9 Å². The molecule has 1 N–H and O–H groups in total. The molecular weight excluding hydrogens is 354 g/mol. The Labute approximate surface area is 164 Å². The number of carbonyl (C=O) groups is 1. The fraction of sp³-hybridized carbons (Fsp3) is 0.174. The molecular formula is C23H23NO2S. The maximum atomic E-state index is 13.2. The lowest BCUT2D eigenvalue weighted by molar-refractivity contribution is -0.121. The fourth-order valence-corrected chi connectivity index (χ4v) is 3.98. The molecule has 3 aromatic carbocycles. The van der Waals surface area contributed by atoms with Crippen LogP contribution in [0.25, 0.3) is 0 Å². The summed E-state index contributed by atoms with van der Waals surface area (Å²) in [5.74, 6) is 0.755. The highest BCUT2D eigenvalue weighted by Crippen LogP contribution is 2.36. The fourth-order valence-electron chi connectivity index (χ4n) is 2.93. The summed E-state index contributed by atoms with van der Waals surface area (Å²) in [7, 11) is 1.64. The zero-order valence-electron chi connectivity index (χ0n) is 15.5. The van der Waals surface area contributed by atoms with Gasteiger partial charge in [0.05, 0.1) is 13.2 Å². The number of para-hydroxylation sites is 1. The number of hydrogen-bond acceptors (Lipinski definition) is 3. The van der Waals surface area contributed by atoms with Crippen LogP contribution in [0.4, 0.5) is 0 Å². The normalized spacial score (nSPS) is 12.8. The highest BCUT2D eigenvalue weighted by atomic mass is 32.2. The van der Waals surface area contributed by atoms with E-state index < -0.39 is 0 Å². The first-order valence-corrected chi connectivity index (χ1v) is 9.77. The molecule has 0 unspecified atom stereocenters. The van der Waals surface area contributed by atoms with E-state index in [1.165, 1.54) is 0 Å². The van der Waals surface area contributed by atoms with Crippen molar-refractivity contribution >= 4 is 17.7 Å². The number of rotatable bonds is 7. The highest BCUT2D eigenvalue weighted by molar-refractivity contribution is 8.00. The van der Waals surface area contributed by atoms with Crippen molar-refractivity contribution in [2.45, 2.75) is 23.1 Å². The van der Waals surface area contributed by atoms with Gasteiger partial charge in [0.1, 0.15) is 11.0 Å². The van der Waals surface area contributed by atoms with Crippen molar-refractivity contribution in [3.8, 4) is 5.75 Å². The molecule has 3 aromatic rings. The maximum Gasteiger partial charge on any atom is 0.238 e. The number of ether oxygens (including phenoxy) is 1. The zero-order valence-corrected chi connectivity index (χ0v) is 16.3. The van der Waals surface area contributed by atoms with Crippen molar-refractivity contribution in [3.63, 3.8) is 0 Å². The van der Waals surface area contributed by atoms with Gasteiger partial charge in [-0.3, -0.25) is 4.79 Å². The van der Waals surface area contributed by atoms with Gasteiger partial charge in [0.15, 0.2) is 0 Å². The Hall–Kier alpha value is -2.72. The lowest BCUT2D eigenvalue weighted by atomic mass is 10.1. The van der Waals surface area contributed by atoms with Crippen LogP contribution in [0, 0.1) is 0 Å². The summed E-state index contributed by atoms with van der Waals surface area (Å²) in [6, 6.07) is 27.5. The van der Waals surface area contributed by atoms with E-state index in [2.05, 4.69) is 5.32 Å². The van der Waals surface area contributed by atoms with Crippen LogP contribution >= 0.6 is 11.8 Å². The smallest absolute Gasteiger partial charge is 0.238 e. The third-order valence-electron chi connectivity index (χ3n) is 4.30. The predicted molar refractivity (Wildman–Crippen MR) is 111 cm³/mol. The maximum absolute atomic E-state index is 13.2. The summed E-state index contributed by atoms with van der Waals surface area (Å²) >= 11 is 1.55. The molecule has 0 aromatic heterocycles. The van der Waals surface area contributed by atoms with Gasteiger partial charge < -0.3 is 10.1 Å². The SMILES string of the molecule is COc1ccccc1[C@H](C)NC(=O)[C@H](Sc1ccccc1)c1ccccc1. The Bertz CT molecular complexity index is 868. The van der Waals surface area contributed by atoms with E-state index in [0.717, 1.165) is 21.8 Å². The Kier molecular flexibility index (Phi) is 6.55. The van der Waals surface area contributed by atoms with E-state index in [4.69, 9.17) is 4.74 Å². The van der Waals surface area contributed by atoms with Gasteiger partial charge in [-0.1, -0.05) is 66.7 Å². The largest absolute Gasteiger partial charge is 0.496 e. The third-order valence-corrected chi connectivity index (χ3v) is 5.57. The van der Waals surface area contributed by atoms with Crippen LogP contribution in [0.2, 0.25) is 0 Å². The number of nitrogens with one attached hydrogen (secondary N) is 1. The molecule has 3 rings (SSSR count). The number of thioether (sulfide) groups is 1. The summed E-state index contributed by atoms with van der Waals surface area (Å²) < 4.78 is 5.43. The van der Waals surface area contributed by atoms with E-state index in [9.17, 15) is 4.79 Å². The van der Waals surface area contributed by atoms with Crippen molar-refractivity contribution in [2.24, 2.45) is 0 Å². The quantitative estimate of drug-likeness (QED) is 0.560. The summed E-state index contributed by atoms with van der Waals surface area (Å²) in [6.45, 7) is 1.98. The molecule has 0 aliphatic rings. The standard InChI is InChI=1S/C23H23NO2S/c1-17(20-15-9-10-16-21(20)26-2)24-23(25)22(18-11-5-3-6-12-18)27-19-13-7-4-8-14-19/h3-17,22H,1-2H3,(H,24,25)/t17-,22+/m0/s1. The second kappa shape index (κ2) is 9.28. The van der Waals surface area contributed by atoms with Gasteiger partial charge in [-0.15, -0.1) is 11.8 Å². The predicted octanol–water partition coefficient (Wildman–Crippen LogP) is 5.41. The number of methoxy groups -OCH3 is 1. The van der Waals surface area contributed by atoms with Gasteiger partial charge >= 0.3 is 0 Å². The van der Waals surface area contributed by atoms with Crippen LogP contribution in [0.15, 0.2) is 89.8 Å². The van der Waals surface area contributed by atoms with Gasteiger partial charge in [-0.2, -0.15) is 0 Å². The molecule has 1 amide bonds. The number of amides is 1. The van der Waals surface area contributed by atoms with Crippen molar-refractivity contribution in [1.82, 2.24) is 5.32 Å². The summed E-state index contributed by atoms with van der Waals surface area (Å²) in [6.07, 6.45) is 0. The molecule has 0 radical (unpaired) electrons. The molecule has 0 bridgehead atoms. The van der Waals surface area contributed by atoms with E-state index in [-0.39, 0.29) is 17.2 Å². The molecule has 27 heavy (non-hydrogen) atoms. The van der Waals surface area contributed by atoms with Crippen LogP contribution in [-0.4, -0.2) is 13.0 Å². The average molecular weight is 378 g/mol. The summed E-state index contributed by atoms with van der Waals surface area (Å²) in [4.78, 5) is 14.2. The number of hydrogen-bond donors (Lipinski definition) is 1. The molecule has 0 heterocycles. The van der Waals surface area contributed by atoms with E-state index in [0.29, 0.717) is 0 Å². The van der Waals surface area contributed by atoms with Crippen molar-refractivity contribution in [3.05, 3.63) is 96.1 Å². The van der Waals surface area contributed by atoms with Gasteiger partial charge in [-0.25, -0.2) is 0 Å². The molecule has 0 saturated carbocycles. The average Bonchev–Trinajstić information content (AvgIpc) is 2.73. The Balaban J connectivity index is 1.82. The number of carbonyl (C=O) groups excluding carboxylic acids is 1. The number of benzene rings is 3. The zero-order chi connectivity index (χ0) is 19.1. The second-order valence-corrected chi connectivity index (χ2v) is 7.37. The third kappa shape index (κ3) is 4.92. The van der Waals surface area contributed by atoms with Crippen LogP contribution in [0.5, 0.6) is 5.75 Å². The van der Waals surface area contributed by atoms with Gasteiger partial charge in [0.25, 0.3) is 0 Å². The first kappa shape index (κ1) is 19.1. The molecule has 138 valence electrons. The highest BCUT2D eigenvalue weighted by Gasteiger charge is 2.24. The Morgan fingerprint density at radius 2 is 1.48 bits per heavy atom. The molecule has 0 spiro atoms. The minimum absolute atomic E-state index is 0.0199. The monoisotopic (exact) mass is 377 g/mol. The van der Waals surface area contributed by atoms with Gasteiger partial charge in [0.2, 0.25) is 5.91 Å². The van der Waals surface area contributed by atoms with Gasteiger partial charge in [-0.05, 0) is 30.7 Å². The van der Waals surface area contributed by atoms with Crippen LogP contribution in [0.1, 0.15) is 29.3 Å². The van der Waals surface area contributed by atoms with Crippen molar-refractivity contribution < 1.29 is 9.53 Å². The Morgan fingerprint density at radius 1 is 0.889 bits per heavy atom. The topological polar surface area (TPSA) is 38.3 Å². The van der Waals surface area contributed by atoms with Crippen LogP contribution in [-0.2, 0) is 4.79 Å². The van der Waals surface area contributed by atoms with Crippen LogP contribution < -0.4 is 10.1 Å². The lowest BCUT2D eigenvalue weighted by Crippen LogP contribution is -2.30. The molecule has 0 fully saturated rings. The molecule has 0 aliphatic carbocycles. The van der Waals surface area contributed by atoms with Crippen LogP contribution in [0.3, 0.4) is 0 Å². The van der Waals surface area contributed by atoms with Crippen molar-refractivity contribution in [1.29, 1.82) is 0 Å². The summed E-state index contributed by atoms with van der Waals surface area (Å²) in [5, 5.41) is 2.82. The molecule has 0 saturated heterocycles. The Morgan fingerprint density at radius 3 is 2.15 bits per heavy atom. The lowest BCUT2D eigenvalue weighted by Gasteiger charge is -2.22. The van der Waals surface area contributed by atoms with E-state index >= 15 is 0 Å². The second-order valence-electron chi connectivity index (χ2n) is 6.19. The minimum Gasteiger partial charge on any atom is -0.496 e.